The molecule has 0 radical (unpaired) electrons. The standard InChI is InChI=1S/C10H7ClF2N2S/c11-9-4-15-10(16-9)5-14-6-1-2-7(12)8(13)3-6/h1-4,14H,5H2. The number of benzene rings is 1. The predicted molar refractivity (Wildman–Crippen MR) is 60.8 cm³/mol. The molecule has 1 aromatic carbocycles. The van der Waals surface area contributed by atoms with Gasteiger partial charge in [0.25, 0.3) is 0 Å². The van der Waals surface area contributed by atoms with Crippen molar-refractivity contribution in [3.63, 3.8) is 0 Å². The van der Waals surface area contributed by atoms with E-state index in [0.717, 1.165) is 17.1 Å². The van der Waals surface area contributed by atoms with Crippen molar-refractivity contribution in [1.82, 2.24) is 4.98 Å². The summed E-state index contributed by atoms with van der Waals surface area (Å²) in [4.78, 5) is 4.03. The quantitative estimate of drug-likeness (QED) is 0.910. The van der Waals surface area contributed by atoms with E-state index in [1.54, 1.807) is 6.20 Å². The predicted octanol–water partition coefficient (Wildman–Crippen LogP) is 3.69. The van der Waals surface area contributed by atoms with Crippen LogP contribution in [0.1, 0.15) is 5.01 Å². The summed E-state index contributed by atoms with van der Waals surface area (Å²) in [6.45, 7) is 0.433. The maximum atomic E-state index is 12.9. The molecule has 0 saturated carbocycles. The average molecular weight is 261 g/mol. The highest BCUT2D eigenvalue weighted by Crippen LogP contribution is 2.20. The SMILES string of the molecule is Fc1ccc(NCc2ncc(Cl)s2)cc1F. The molecule has 6 heteroatoms. The van der Waals surface area contributed by atoms with E-state index in [9.17, 15) is 8.78 Å². The van der Waals surface area contributed by atoms with Crippen LogP contribution in [0.25, 0.3) is 0 Å². The molecule has 1 heterocycles. The molecule has 0 amide bonds. The molecule has 16 heavy (non-hydrogen) atoms. The van der Waals surface area contributed by atoms with Crippen LogP contribution in [0, 0.1) is 11.6 Å². The van der Waals surface area contributed by atoms with Gasteiger partial charge in [0.15, 0.2) is 11.6 Å². The van der Waals surface area contributed by atoms with E-state index in [1.807, 2.05) is 0 Å². The van der Waals surface area contributed by atoms with Gasteiger partial charge < -0.3 is 5.32 Å². The lowest BCUT2D eigenvalue weighted by Crippen LogP contribution is -1.99. The molecule has 2 nitrogen and oxygen atoms in total. The summed E-state index contributed by atoms with van der Waals surface area (Å²) in [5.74, 6) is -1.73. The Balaban J connectivity index is 2.02. The first-order valence-corrected chi connectivity index (χ1v) is 5.64. The number of rotatable bonds is 3. The smallest absolute Gasteiger partial charge is 0.160 e. The summed E-state index contributed by atoms with van der Waals surface area (Å²) in [7, 11) is 0. The molecule has 0 unspecified atom stereocenters. The third kappa shape index (κ3) is 2.68. The zero-order valence-corrected chi connectivity index (χ0v) is 9.58. The van der Waals surface area contributed by atoms with Crippen LogP contribution in [0.4, 0.5) is 14.5 Å². The van der Waals surface area contributed by atoms with Crippen molar-refractivity contribution in [2.75, 3.05) is 5.32 Å². The fraction of sp³-hybridized carbons (Fsp3) is 0.100. The highest BCUT2D eigenvalue weighted by molar-refractivity contribution is 7.15. The van der Waals surface area contributed by atoms with E-state index in [0.29, 0.717) is 16.6 Å². The molecule has 1 N–H and O–H groups in total. The van der Waals surface area contributed by atoms with Gasteiger partial charge in [-0.1, -0.05) is 11.6 Å². The van der Waals surface area contributed by atoms with E-state index in [1.165, 1.54) is 17.4 Å². The maximum Gasteiger partial charge on any atom is 0.160 e. The van der Waals surface area contributed by atoms with Gasteiger partial charge in [0, 0.05) is 11.8 Å². The van der Waals surface area contributed by atoms with Crippen molar-refractivity contribution in [3.8, 4) is 0 Å². The summed E-state index contributed by atoms with van der Waals surface area (Å²) in [5, 5.41) is 3.71. The van der Waals surface area contributed by atoms with Crippen LogP contribution in [-0.2, 0) is 6.54 Å². The monoisotopic (exact) mass is 260 g/mol. The van der Waals surface area contributed by atoms with Crippen molar-refractivity contribution in [2.24, 2.45) is 0 Å². The maximum absolute atomic E-state index is 12.9. The summed E-state index contributed by atoms with van der Waals surface area (Å²) < 4.78 is 26.1. The number of halogens is 3. The minimum Gasteiger partial charge on any atom is -0.378 e. The Labute approximate surface area is 99.9 Å². The molecule has 2 rings (SSSR count). The van der Waals surface area contributed by atoms with Crippen molar-refractivity contribution in [1.29, 1.82) is 0 Å². The Hall–Kier alpha value is -1.20. The van der Waals surface area contributed by atoms with E-state index >= 15 is 0 Å². The molecule has 0 bridgehead atoms. The minimum atomic E-state index is -0.873. The third-order valence-electron chi connectivity index (χ3n) is 1.89. The number of nitrogens with one attached hydrogen (secondary N) is 1. The van der Waals surface area contributed by atoms with Gasteiger partial charge in [-0.15, -0.1) is 11.3 Å². The molecule has 0 saturated heterocycles. The number of aromatic nitrogens is 1. The molecule has 2 aromatic rings. The zero-order chi connectivity index (χ0) is 11.5. The Morgan fingerprint density at radius 1 is 1.31 bits per heavy atom. The second-order valence-electron chi connectivity index (χ2n) is 3.04. The van der Waals surface area contributed by atoms with E-state index < -0.39 is 11.6 Å². The first kappa shape index (κ1) is 11.3. The zero-order valence-electron chi connectivity index (χ0n) is 8.01. The fourth-order valence-corrected chi connectivity index (χ4v) is 2.05. The molecule has 0 aliphatic rings. The minimum absolute atomic E-state index is 0.433. The van der Waals surface area contributed by atoms with Crippen LogP contribution in [0.5, 0.6) is 0 Å². The fourth-order valence-electron chi connectivity index (χ4n) is 1.15. The number of nitrogens with zero attached hydrogens (tertiary/aromatic N) is 1. The first-order valence-electron chi connectivity index (χ1n) is 4.44. The third-order valence-corrected chi connectivity index (χ3v) is 3.00. The van der Waals surface area contributed by atoms with Crippen molar-refractivity contribution >= 4 is 28.6 Å². The van der Waals surface area contributed by atoms with Crippen LogP contribution in [0.3, 0.4) is 0 Å². The molecule has 0 aliphatic heterocycles. The molecule has 0 spiro atoms. The second kappa shape index (κ2) is 4.76. The Morgan fingerprint density at radius 2 is 2.12 bits per heavy atom. The molecular formula is C10H7ClF2N2S. The Kier molecular flexibility index (Phi) is 3.36. The molecular weight excluding hydrogens is 254 g/mol. The van der Waals surface area contributed by atoms with Crippen molar-refractivity contribution < 1.29 is 8.78 Å². The van der Waals surface area contributed by atoms with Gasteiger partial charge in [0.1, 0.15) is 9.34 Å². The number of anilines is 1. The normalized spacial score (nSPS) is 10.4. The molecule has 0 aliphatic carbocycles. The molecule has 1 aromatic heterocycles. The molecule has 84 valence electrons. The van der Waals surface area contributed by atoms with Gasteiger partial charge >= 0.3 is 0 Å². The van der Waals surface area contributed by atoms with Gasteiger partial charge in [0.2, 0.25) is 0 Å². The lowest BCUT2D eigenvalue weighted by molar-refractivity contribution is 0.509. The largest absolute Gasteiger partial charge is 0.378 e. The highest BCUT2D eigenvalue weighted by Gasteiger charge is 2.03. The molecule has 0 fully saturated rings. The van der Waals surface area contributed by atoms with E-state index in [4.69, 9.17) is 11.6 Å². The van der Waals surface area contributed by atoms with Gasteiger partial charge in [-0.05, 0) is 12.1 Å². The number of hydrogen-bond acceptors (Lipinski definition) is 3. The van der Waals surface area contributed by atoms with Gasteiger partial charge in [-0.3, -0.25) is 0 Å². The Bertz CT molecular complexity index is 501. The van der Waals surface area contributed by atoms with E-state index in [-0.39, 0.29) is 0 Å². The van der Waals surface area contributed by atoms with Crippen LogP contribution >= 0.6 is 22.9 Å². The van der Waals surface area contributed by atoms with E-state index in [2.05, 4.69) is 10.3 Å². The van der Waals surface area contributed by atoms with Gasteiger partial charge in [-0.2, -0.15) is 0 Å². The number of thiazole rings is 1. The lowest BCUT2D eigenvalue weighted by atomic mass is 10.3. The van der Waals surface area contributed by atoms with Crippen LogP contribution < -0.4 is 5.32 Å². The van der Waals surface area contributed by atoms with Crippen LogP contribution in [0.15, 0.2) is 24.4 Å². The first-order chi connectivity index (χ1) is 7.65. The average Bonchev–Trinajstić information content (AvgIpc) is 2.66. The number of hydrogen-bond donors (Lipinski definition) is 1. The summed E-state index contributed by atoms with van der Waals surface area (Å²) in [6, 6.07) is 3.64. The summed E-state index contributed by atoms with van der Waals surface area (Å²) in [6.07, 6.45) is 1.55. The highest BCUT2D eigenvalue weighted by atomic mass is 35.5. The van der Waals surface area contributed by atoms with Crippen molar-refractivity contribution in [3.05, 3.63) is 45.4 Å². The molecule has 0 atom stereocenters. The summed E-state index contributed by atoms with van der Waals surface area (Å²) >= 11 is 7.05. The lowest BCUT2D eigenvalue weighted by Gasteiger charge is -2.04. The van der Waals surface area contributed by atoms with Crippen LogP contribution in [-0.4, -0.2) is 4.98 Å². The Morgan fingerprint density at radius 3 is 2.75 bits per heavy atom. The second-order valence-corrected chi connectivity index (χ2v) is 4.79. The van der Waals surface area contributed by atoms with Crippen LogP contribution in [0.2, 0.25) is 4.34 Å². The summed E-state index contributed by atoms with van der Waals surface area (Å²) in [5.41, 5.74) is 0.505. The van der Waals surface area contributed by atoms with Gasteiger partial charge in [-0.25, -0.2) is 13.8 Å². The van der Waals surface area contributed by atoms with Gasteiger partial charge in [0.05, 0.1) is 12.7 Å². The van der Waals surface area contributed by atoms with Crippen molar-refractivity contribution in [2.45, 2.75) is 6.54 Å². The topological polar surface area (TPSA) is 24.9 Å².